The van der Waals surface area contributed by atoms with Crippen LogP contribution < -0.4 is 0 Å². The van der Waals surface area contributed by atoms with Crippen LogP contribution in [-0.2, 0) is 16.0 Å². The molecule has 4 nitrogen and oxygen atoms in total. The van der Waals surface area contributed by atoms with Gasteiger partial charge in [0.25, 0.3) is 0 Å². The van der Waals surface area contributed by atoms with Crippen LogP contribution in [0.2, 0.25) is 0 Å². The summed E-state index contributed by atoms with van der Waals surface area (Å²) in [5, 5.41) is 8.59. The fraction of sp³-hybridized carbons (Fsp3) is 0.273. The smallest absolute Gasteiger partial charge is 0.338 e. The number of ether oxygens (including phenoxy) is 1. The van der Waals surface area contributed by atoms with Crippen LogP contribution in [-0.4, -0.2) is 24.2 Å². The van der Waals surface area contributed by atoms with Crippen molar-refractivity contribution in [3.63, 3.8) is 0 Å². The first kappa shape index (κ1) is 12.7. The second-order valence-electron chi connectivity index (χ2n) is 3.19. The number of hydrogen-bond acceptors (Lipinski definition) is 3. The van der Waals surface area contributed by atoms with Crippen molar-refractivity contribution < 1.29 is 19.4 Å². The maximum atomic E-state index is 11.4. The third kappa shape index (κ3) is 3.34. The van der Waals surface area contributed by atoms with Crippen LogP contribution in [0, 0.1) is 0 Å². The summed E-state index contributed by atoms with van der Waals surface area (Å²) in [6.07, 6.45) is 0.304. The van der Waals surface area contributed by atoms with Crippen molar-refractivity contribution in [3.8, 4) is 0 Å². The zero-order chi connectivity index (χ0) is 12.1. The van der Waals surface area contributed by atoms with E-state index in [-0.39, 0.29) is 6.42 Å². The third-order valence-corrected chi connectivity index (χ3v) is 2.58. The Morgan fingerprint density at radius 2 is 2.12 bits per heavy atom. The van der Waals surface area contributed by atoms with Crippen molar-refractivity contribution in [1.29, 1.82) is 0 Å². The van der Waals surface area contributed by atoms with E-state index >= 15 is 0 Å². The fourth-order valence-corrected chi connectivity index (χ4v) is 1.67. The fourth-order valence-electron chi connectivity index (χ4n) is 1.31. The van der Waals surface area contributed by atoms with Gasteiger partial charge in [0.1, 0.15) is 0 Å². The van der Waals surface area contributed by atoms with Gasteiger partial charge in [-0.25, -0.2) is 4.79 Å². The molecular formula is C11H11BrO4. The normalized spacial score (nSPS) is 9.88. The Labute approximate surface area is 101 Å². The molecule has 1 rings (SSSR count). The van der Waals surface area contributed by atoms with Crippen molar-refractivity contribution in [3.05, 3.63) is 33.8 Å². The van der Waals surface area contributed by atoms with Crippen LogP contribution >= 0.6 is 15.9 Å². The molecule has 5 heteroatoms. The van der Waals surface area contributed by atoms with Gasteiger partial charge >= 0.3 is 11.9 Å². The maximum Gasteiger partial charge on any atom is 0.338 e. The Bertz CT molecular complexity index is 414. The molecule has 0 fully saturated rings. The number of halogens is 1. The van der Waals surface area contributed by atoms with E-state index in [9.17, 15) is 9.59 Å². The van der Waals surface area contributed by atoms with E-state index < -0.39 is 11.9 Å². The molecule has 0 aromatic heterocycles. The molecule has 0 aliphatic rings. The van der Waals surface area contributed by atoms with Crippen LogP contribution in [0.5, 0.6) is 0 Å². The predicted molar refractivity (Wildman–Crippen MR) is 61.4 cm³/mol. The monoisotopic (exact) mass is 286 g/mol. The average Bonchev–Trinajstić information content (AvgIpc) is 2.26. The molecule has 0 bridgehead atoms. The third-order valence-electron chi connectivity index (χ3n) is 2.09. The Kier molecular flexibility index (Phi) is 4.49. The van der Waals surface area contributed by atoms with Gasteiger partial charge < -0.3 is 9.84 Å². The van der Waals surface area contributed by atoms with Crippen molar-refractivity contribution in [1.82, 2.24) is 0 Å². The number of carboxylic acid groups (broad SMARTS) is 1. The molecule has 0 spiro atoms. The van der Waals surface area contributed by atoms with Gasteiger partial charge in [0, 0.05) is 10.9 Å². The zero-order valence-corrected chi connectivity index (χ0v) is 10.3. The Morgan fingerprint density at radius 1 is 1.44 bits per heavy atom. The van der Waals surface area contributed by atoms with Crippen molar-refractivity contribution >= 4 is 27.9 Å². The van der Waals surface area contributed by atoms with Gasteiger partial charge in [0.15, 0.2) is 0 Å². The number of aliphatic carboxylic acids is 1. The van der Waals surface area contributed by atoms with Gasteiger partial charge in [0.05, 0.1) is 12.7 Å². The van der Waals surface area contributed by atoms with Crippen LogP contribution in [0.4, 0.5) is 0 Å². The summed E-state index contributed by atoms with van der Waals surface area (Å²) in [7, 11) is 1.30. The van der Waals surface area contributed by atoms with Gasteiger partial charge in [-0.3, -0.25) is 4.79 Å². The lowest BCUT2D eigenvalue weighted by Crippen LogP contribution is -2.07. The summed E-state index contributed by atoms with van der Waals surface area (Å²) in [5.74, 6) is -1.35. The second kappa shape index (κ2) is 5.65. The number of carboxylic acids is 1. The first-order chi connectivity index (χ1) is 7.54. The molecule has 16 heavy (non-hydrogen) atoms. The first-order valence-electron chi connectivity index (χ1n) is 4.63. The summed E-state index contributed by atoms with van der Waals surface area (Å²) in [6, 6.07) is 5.12. The Balaban J connectivity index is 2.98. The summed E-state index contributed by atoms with van der Waals surface area (Å²) >= 11 is 3.25. The molecule has 0 heterocycles. The van der Waals surface area contributed by atoms with E-state index in [2.05, 4.69) is 20.7 Å². The number of hydrogen-bond donors (Lipinski definition) is 1. The molecule has 0 amide bonds. The number of carbonyl (C=O) groups is 2. The van der Waals surface area contributed by atoms with Crippen LogP contribution in [0.15, 0.2) is 22.7 Å². The quantitative estimate of drug-likeness (QED) is 0.863. The van der Waals surface area contributed by atoms with Crippen molar-refractivity contribution in [2.45, 2.75) is 12.8 Å². The molecule has 1 aromatic rings. The van der Waals surface area contributed by atoms with E-state index in [4.69, 9.17) is 5.11 Å². The van der Waals surface area contributed by atoms with E-state index in [1.807, 2.05) is 0 Å². The molecule has 1 aromatic carbocycles. The molecule has 0 aliphatic heterocycles. The summed E-state index contributed by atoms with van der Waals surface area (Å²) in [6.45, 7) is 0. The molecule has 1 N–H and O–H groups in total. The number of benzene rings is 1. The molecule has 0 unspecified atom stereocenters. The SMILES string of the molecule is COC(=O)c1cc(Br)ccc1CCC(=O)O. The summed E-state index contributed by atoms with van der Waals surface area (Å²) < 4.78 is 5.39. The van der Waals surface area contributed by atoms with E-state index in [0.717, 1.165) is 4.47 Å². The minimum absolute atomic E-state index is 0.00831. The Morgan fingerprint density at radius 3 is 2.69 bits per heavy atom. The zero-order valence-electron chi connectivity index (χ0n) is 8.70. The summed E-state index contributed by atoms with van der Waals surface area (Å²) in [5.41, 5.74) is 1.08. The highest BCUT2D eigenvalue weighted by Crippen LogP contribution is 2.19. The minimum atomic E-state index is -0.890. The van der Waals surface area contributed by atoms with Crippen molar-refractivity contribution in [2.24, 2.45) is 0 Å². The standard InChI is InChI=1S/C11H11BrO4/c1-16-11(15)9-6-8(12)4-2-7(9)3-5-10(13)14/h2,4,6H,3,5H2,1H3,(H,13,14). The minimum Gasteiger partial charge on any atom is -0.481 e. The number of aryl methyl sites for hydroxylation is 1. The van der Waals surface area contributed by atoms with Crippen LogP contribution in [0.3, 0.4) is 0 Å². The largest absolute Gasteiger partial charge is 0.481 e. The van der Waals surface area contributed by atoms with Gasteiger partial charge in [-0.15, -0.1) is 0 Å². The maximum absolute atomic E-state index is 11.4. The lowest BCUT2D eigenvalue weighted by atomic mass is 10.0. The molecular weight excluding hydrogens is 276 g/mol. The topological polar surface area (TPSA) is 63.6 Å². The molecule has 0 aliphatic carbocycles. The van der Waals surface area contributed by atoms with Crippen molar-refractivity contribution in [2.75, 3.05) is 7.11 Å². The second-order valence-corrected chi connectivity index (χ2v) is 4.10. The molecule has 0 saturated carbocycles. The highest BCUT2D eigenvalue weighted by Gasteiger charge is 2.13. The average molecular weight is 287 g/mol. The van der Waals surface area contributed by atoms with Gasteiger partial charge in [-0.1, -0.05) is 22.0 Å². The lowest BCUT2D eigenvalue weighted by Gasteiger charge is -2.07. The van der Waals surface area contributed by atoms with Crippen LogP contribution in [0.1, 0.15) is 22.3 Å². The highest BCUT2D eigenvalue weighted by molar-refractivity contribution is 9.10. The van der Waals surface area contributed by atoms with E-state index in [1.54, 1.807) is 18.2 Å². The number of esters is 1. The molecule has 0 atom stereocenters. The predicted octanol–water partition coefficient (Wildman–Crippen LogP) is 2.25. The van der Waals surface area contributed by atoms with Gasteiger partial charge in [-0.2, -0.15) is 0 Å². The molecule has 0 saturated heterocycles. The molecule has 0 radical (unpaired) electrons. The number of rotatable bonds is 4. The Hall–Kier alpha value is -1.36. The number of carbonyl (C=O) groups excluding carboxylic acids is 1. The lowest BCUT2D eigenvalue weighted by molar-refractivity contribution is -0.136. The van der Waals surface area contributed by atoms with Gasteiger partial charge in [0.2, 0.25) is 0 Å². The summed E-state index contributed by atoms with van der Waals surface area (Å²) in [4.78, 5) is 21.9. The number of methoxy groups -OCH3 is 1. The highest BCUT2D eigenvalue weighted by atomic mass is 79.9. The molecule has 86 valence electrons. The van der Waals surface area contributed by atoms with E-state index in [1.165, 1.54) is 7.11 Å². The first-order valence-corrected chi connectivity index (χ1v) is 5.42. The van der Waals surface area contributed by atoms with Crippen LogP contribution in [0.25, 0.3) is 0 Å². The van der Waals surface area contributed by atoms with Gasteiger partial charge in [-0.05, 0) is 24.1 Å². The van der Waals surface area contributed by atoms with E-state index in [0.29, 0.717) is 17.5 Å².